The fraction of sp³-hybridized carbons (Fsp3) is 0.400. The molecular formula is C15H18N4O3. The summed E-state index contributed by atoms with van der Waals surface area (Å²) in [4.78, 5) is 27.6. The summed E-state index contributed by atoms with van der Waals surface area (Å²) in [5.41, 5.74) is 1.04. The Morgan fingerprint density at radius 1 is 1.27 bits per heavy atom. The van der Waals surface area contributed by atoms with Crippen molar-refractivity contribution in [2.45, 2.75) is 13.3 Å². The van der Waals surface area contributed by atoms with E-state index in [0.717, 1.165) is 0 Å². The number of rotatable bonds is 3. The summed E-state index contributed by atoms with van der Waals surface area (Å²) in [7, 11) is 0. The number of hydrogen-bond acceptors (Lipinski definition) is 4. The Morgan fingerprint density at radius 3 is 2.64 bits per heavy atom. The van der Waals surface area contributed by atoms with Crippen LogP contribution in [0.25, 0.3) is 11.5 Å². The van der Waals surface area contributed by atoms with Gasteiger partial charge in [0.15, 0.2) is 11.5 Å². The monoisotopic (exact) mass is 302 g/mol. The summed E-state index contributed by atoms with van der Waals surface area (Å²) in [5, 5.41) is 6.87. The van der Waals surface area contributed by atoms with E-state index in [1.807, 2.05) is 6.92 Å². The van der Waals surface area contributed by atoms with Gasteiger partial charge < -0.3 is 14.2 Å². The van der Waals surface area contributed by atoms with Crippen LogP contribution in [-0.2, 0) is 4.79 Å². The highest BCUT2D eigenvalue weighted by Crippen LogP contribution is 2.19. The molecule has 1 saturated heterocycles. The summed E-state index contributed by atoms with van der Waals surface area (Å²) in [6.07, 6.45) is 2.07. The molecule has 2 aromatic rings. The standard InChI is InChI=1S/C15H18N4O3/c1-2-14(20)18-5-7-19(8-6-18)15(21)12-10-11(16-17-12)13-4-3-9-22-13/h3-4,9-10H,2,5-8H2,1H3,(H,16,17). The van der Waals surface area contributed by atoms with Gasteiger partial charge in [-0.3, -0.25) is 14.7 Å². The smallest absolute Gasteiger partial charge is 0.274 e. The van der Waals surface area contributed by atoms with Gasteiger partial charge in [-0.2, -0.15) is 5.10 Å². The molecule has 0 radical (unpaired) electrons. The maximum absolute atomic E-state index is 12.4. The zero-order valence-corrected chi connectivity index (χ0v) is 12.4. The van der Waals surface area contributed by atoms with E-state index in [0.29, 0.717) is 49.7 Å². The van der Waals surface area contributed by atoms with E-state index in [4.69, 9.17) is 4.42 Å². The van der Waals surface area contributed by atoms with Crippen LogP contribution >= 0.6 is 0 Å². The number of aromatic nitrogens is 2. The molecule has 1 aliphatic heterocycles. The molecule has 3 rings (SSSR count). The number of amides is 2. The van der Waals surface area contributed by atoms with Crippen LogP contribution in [0.3, 0.4) is 0 Å². The summed E-state index contributed by atoms with van der Waals surface area (Å²) in [6.45, 7) is 4.07. The van der Waals surface area contributed by atoms with Gasteiger partial charge in [0.25, 0.3) is 5.91 Å². The Bertz CT molecular complexity index is 654. The minimum Gasteiger partial charge on any atom is -0.463 e. The number of nitrogens with one attached hydrogen (secondary N) is 1. The third-order valence-corrected chi connectivity index (χ3v) is 3.81. The molecule has 0 unspecified atom stereocenters. The summed E-state index contributed by atoms with van der Waals surface area (Å²) in [5.74, 6) is 0.648. The van der Waals surface area contributed by atoms with Crippen LogP contribution in [0.4, 0.5) is 0 Å². The van der Waals surface area contributed by atoms with Gasteiger partial charge in [0, 0.05) is 38.7 Å². The van der Waals surface area contributed by atoms with Crippen LogP contribution < -0.4 is 0 Å². The van der Waals surface area contributed by atoms with Crippen molar-refractivity contribution in [3.8, 4) is 11.5 Å². The van der Waals surface area contributed by atoms with Crippen molar-refractivity contribution < 1.29 is 14.0 Å². The van der Waals surface area contributed by atoms with E-state index in [9.17, 15) is 9.59 Å². The van der Waals surface area contributed by atoms with Crippen molar-refractivity contribution in [3.63, 3.8) is 0 Å². The van der Waals surface area contributed by atoms with Crippen LogP contribution in [0.5, 0.6) is 0 Å². The summed E-state index contributed by atoms with van der Waals surface area (Å²) < 4.78 is 5.27. The van der Waals surface area contributed by atoms with Crippen LogP contribution in [0.2, 0.25) is 0 Å². The Hall–Kier alpha value is -2.57. The van der Waals surface area contributed by atoms with Crippen molar-refractivity contribution in [2.75, 3.05) is 26.2 Å². The normalized spacial score (nSPS) is 15.1. The maximum atomic E-state index is 12.4. The lowest BCUT2D eigenvalue weighted by atomic mass is 10.2. The number of aromatic amines is 1. The molecule has 7 heteroatoms. The molecule has 1 aliphatic rings. The third-order valence-electron chi connectivity index (χ3n) is 3.81. The highest BCUT2D eigenvalue weighted by molar-refractivity contribution is 5.93. The van der Waals surface area contributed by atoms with Crippen LogP contribution in [0.15, 0.2) is 28.9 Å². The molecule has 0 saturated carbocycles. The number of piperazine rings is 1. The first-order chi connectivity index (χ1) is 10.7. The summed E-state index contributed by atoms with van der Waals surface area (Å²) >= 11 is 0. The molecule has 2 aromatic heterocycles. The topological polar surface area (TPSA) is 82.4 Å². The van der Waals surface area contributed by atoms with E-state index in [2.05, 4.69) is 10.2 Å². The molecule has 22 heavy (non-hydrogen) atoms. The van der Waals surface area contributed by atoms with Gasteiger partial charge in [-0.25, -0.2) is 0 Å². The number of furan rings is 1. The fourth-order valence-electron chi connectivity index (χ4n) is 2.53. The van der Waals surface area contributed by atoms with E-state index in [1.54, 1.807) is 34.3 Å². The number of carbonyl (C=O) groups excluding carboxylic acids is 2. The van der Waals surface area contributed by atoms with Crippen molar-refractivity contribution in [2.24, 2.45) is 0 Å². The first-order valence-corrected chi connectivity index (χ1v) is 7.35. The second-order valence-corrected chi connectivity index (χ2v) is 5.17. The van der Waals surface area contributed by atoms with E-state index in [-0.39, 0.29) is 11.8 Å². The van der Waals surface area contributed by atoms with Crippen LogP contribution in [0, 0.1) is 0 Å². The average molecular weight is 302 g/mol. The molecule has 1 fully saturated rings. The second kappa shape index (κ2) is 6.05. The molecule has 2 amide bonds. The van der Waals surface area contributed by atoms with E-state index < -0.39 is 0 Å². The Kier molecular flexibility index (Phi) is 3.95. The van der Waals surface area contributed by atoms with Crippen LogP contribution in [-0.4, -0.2) is 58.0 Å². The Balaban J connectivity index is 1.64. The molecule has 0 atom stereocenters. The molecule has 3 heterocycles. The Morgan fingerprint density at radius 2 is 2.00 bits per heavy atom. The zero-order chi connectivity index (χ0) is 15.5. The second-order valence-electron chi connectivity index (χ2n) is 5.17. The average Bonchev–Trinajstić information content (AvgIpc) is 3.24. The SMILES string of the molecule is CCC(=O)N1CCN(C(=O)c2cc(-c3ccco3)[nH]n2)CC1. The first kappa shape index (κ1) is 14.4. The molecule has 0 aliphatic carbocycles. The number of carbonyl (C=O) groups is 2. The zero-order valence-electron chi connectivity index (χ0n) is 12.4. The predicted octanol–water partition coefficient (Wildman–Crippen LogP) is 1.36. The van der Waals surface area contributed by atoms with Gasteiger partial charge in [-0.15, -0.1) is 0 Å². The first-order valence-electron chi connectivity index (χ1n) is 7.35. The lowest BCUT2D eigenvalue weighted by Crippen LogP contribution is -2.50. The van der Waals surface area contributed by atoms with Crippen molar-refractivity contribution in [3.05, 3.63) is 30.2 Å². The van der Waals surface area contributed by atoms with Gasteiger partial charge in [-0.05, 0) is 12.1 Å². The maximum Gasteiger partial charge on any atom is 0.274 e. The van der Waals surface area contributed by atoms with Gasteiger partial charge >= 0.3 is 0 Å². The largest absolute Gasteiger partial charge is 0.463 e. The van der Waals surface area contributed by atoms with Crippen LogP contribution in [0.1, 0.15) is 23.8 Å². The molecule has 7 nitrogen and oxygen atoms in total. The van der Waals surface area contributed by atoms with Gasteiger partial charge in [-0.1, -0.05) is 6.92 Å². The minimum absolute atomic E-state index is 0.127. The molecule has 0 bridgehead atoms. The fourth-order valence-corrected chi connectivity index (χ4v) is 2.53. The summed E-state index contributed by atoms with van der Waals surface area (Å²) in [6, 6.07) is 5.27. The highest BCUT2D eigenvalue weighted by Gasteiger charge is 2.25. The molecule has 0 spiro atoms. The van der Waals surface area contributed by atoms with Crippen molar-refractivity contribution in [1.82, 2.24) is 20.0 Å². The highest BCUT2D eigenvalue weighted by atomic mass is 16.3. The molecular weight excluding hydrogens is 284 g/mol. The van der Waals surface area contributed by atoms with Gasteiger partial charge in [0.1, 0.15) is 5.69 Å². The van der Waals surface area contributed by atoms with Gasteiger partial charge in [0.05, 0.1) is 6.26 Å². The third kappa shape index (κ3) is 2.74. The van der Waals surface area contributed by atoms with Crippen molar-refractivity contribution in [1.29, 1.82) is 0 Å². The molecule has 116 valence electrons. The number of nitrogens with zero attached hydrogens (tertiary/aromatic N) is 3. The Labute approximate surface area is 127 Å². The molecule has 1 N–H and O–H groups in total. The number of H-pyrrole nitrogens is 1. The predicted molar refractivity (Wildman–Crippen MR) is 79.1 cm³/mol. The number of hydrogen-bond donors (Lipinski definition) is 1. The van der Waals surface area contributed by atoms with Crippen molar-refractivity contribution >= 4 is 11.8 Å². The van der Waals surface area contributed by atoms with E-state index >= 15 is 0 Å². The van der Waals surface area contributed by atoms with E-state index in [1.165, 1.54) is 0 Å². The molecule has 0 aromatic carbocycles. The lowest BCUT2D eigenvalue weighted by Gasteiger charge is -2.34. The lowest BCUT2D eigenvalue weighted by molar-refractivity contribution is -0.132. The van der Waals surface area contributed by atoms with Gasteiger partial charge in [0.2, 0.25) is 5.91 Å². The quantitative estimate of drug-likeness (QED) is 0.928. The minimum atomic E-state index is -0.127.